The molecule has 1 N–H and O–H groups in total. The summed E-state index contributed by atoms with van der Waals surface area (Å²) in [6, 6.07) is 0. The first-order valence-electron chi connectivity index (χ1n) is 6.55. The molecule has 0 spiro atoms. The smallest absolute Gasteiger partial charge is 0.140 e. The third-order valence-corrected chi connectivity index (χ3v) is 3.88. The van der Waals surface area contributed by atoms with Gasteiger partial charge < -0.3 is 5.32 Å². The van der Waals surface area contributed by atoms with Crippen LogP contribution in [0.4, 0.5) is 5.82 Å². The van der Waals surface area contributed by atoms with Crippen LogP contribution in [-0.4, -0.2) is 21.3 Å². The number of rotatable bonds is 5. The van der Waals surface area contributed by atoms with E-state index in [1.54, 1.807) is 0 Å². The summed E-state index contributed by atoms with van der Waals surface area (Å²) in [5.41, 5.74) is 2.24. The Hall–Kier alpha value is -0.770. The second-order valence-electron chi connectivity index (χ2n) is 5.53. The van der Waals surface area contributed by atoms with Crippen molar-refractivity contribution in [1.82, 2.24) is 9.97 Å². The maximum absolute atomic E-state index is 4.63. The lowest BCUT2D eigenvalue weighted by molar-refractivity contribution is 0.799. The Bertz CT molecular complexity index is 397. The van der Waals surface area contributed by atoms with Gasteiger partial charge in [0.15, 0.2) is 0 Å². The van der Waals surface area contributed by atoms with Crippen LogP contribution in [0.2, 0.25) is 0 Å². The zero-order valence-corrected chi connectivity index (χ0v) is 13.2. The van der Waals surface area contributed by atoms with Gasteiger partial charge in [-0.05, 0) is 20.3 Å². The van der Waals surface area contributed by atoms with E-state index in [4.69, 9.17) is 0 Å². The molecular weight excluding hydrogens is 242 g/mol. The van der Waals surface area contributed by atoms with Crippen molar-refractivity contribution in [2.24, 2.45) is 0 Å². The molecule has 0 aliphatic rings. The average molecular weight is 267 g/mol. The van der Waals surface area contributed by atoms with Crippen molar-refractivity contribution in [2.45, 2.75) is 58.5 Å². The largest absolute Gasteiger partial charge is 0.370 e. The second kappa shape index (κ2) is 6.41. The summed E-state index contributed by atoms with van der Waals surface area (Å²) >= 11 is 1.88. The number of nitrogens with zero attached hydrogens (tertiary/aromatic N) is 2. The van der Waals surface area contributed by atoms with E-state index in [2.05, 4.69) is 56.8 Å². The highest BCUT2D eigenvalue weighted by Gasteiger charge is 2.13. The van der Waals surface area contributed by atoms with E-state index in [-0.39, 0.29) is 4.75 Å². The molecule has 0 amide bonds. The Morgan fingerprint density at radius 1 is 1.17 bits per heavy atom. The molecule has 18 heavy (non-hydrogen) atoms. The van der Waals surface area contributed by atoms with E-state index in [0.717, 1.165) is 41.6 Å². The predicted molar refractivity (Wildman–Crippen MR) is 81.3 cm³/mol. The van der Waals surface area contributed by atoms with Crippen LogP contribution < -0.4 is 5.32 Å². The first kappa shape index (κ1) is 15.3. The van der Waals surface area contributed by atoms with Gasteiger partial charge in [-0.2, -0.15) is 0 Å². The van der Waals surface area contributed by atoms with Gasteiger partial charge in [0.05, 0.1) is 5.75 Å². The first-order valence-corrected chi connectivity index (χ1v) is 7.54. The molecule has 0 radical (unpaired) electrons. The number of aryl methyl sites for hydroxylation is 1. The molecule has 0 aliphatic carbocycles. The molecule has 1 aromatic rings. The number of thioether (sulfide) groups is 1. The van der Waals surface area contributed by atoms with Gasteiger partial charge >= 0.3 is 0 Å². The average Bonchev–Trinajstić information content (AvgIpc) is 2.28. The van der Waals surface area contributed by atoms with E-state index >= 15 is 0 Å². The summed E-state index contributed by atoms with van der Waals surface area (Å²) in [6.07, 6.45) is 1.11. The van der Waals surface area contributed by atoms with Gasteiger partial charge in [0.2, 0.25) is 0 Å². The molecule has 0 fully saturated rings. The lowest BCUT2D eigenvalue weighted by Crippen LogP contribution is -2.11. The van der Waals surface area contributed by atoms with Crippen LogP contribution in [0, 0.1) is 13.8 Å². The zero-order chi connectivity index (χ0) is 13.8. The number of aromatic nitrogens is 2. The quantitative estimate of drug-likeness (QED) is 0.876. The highest BCUT2D eigenvalue weighted by Crippen LogP contribution is 2.27. The monoisotopic (exact) mass is 267 g/mol. The lowest BCUT2D eigenvalue weighted by Gasteiger charge is -2.18. The van der Waals surface area contributed by atoms with Gasteiger partial charge in [0.25, 0.3) is 0 Å². The molecule has 0 aromatic carbocycles. The van der Waals surface area contributed by atoms with Gasteiger partial charge in [-0.25, -0.2) is 9.97 Å². The Morgan fingerprint density at radius 3 is 2.39 bits per heavy atom. The minimum atomic E-state index is 0.249. The summed E-state index contributed by atoms with van der Waals surface area (Å²) in [5, 5.41) is 3.38. The van der Waals surface area contributed by atoms with Crippen molar-refractivity contribution in [3.8, 4) is 0 Å². The second-order valence-corrected chi connectivity index (χ2v) is 7.33. The molecule has 1 aromatic heterocycles. The molecule has 0 saturated carbocycles. The molecule has 0 aliphatic heterocycles. The normalized spacial score (nSPS) is 11.7. The SMILES string of the molecule is CCCNc1nc(CSC(C)(C)C)nc(C)c1C. The zero-order valence-electron chi connectivity index (χ0n) is 12.4. The van der Waals surface area contributed by atoms with E-state index in [9.17, 15) is 0 Å². The van der Waals surface area contributed by atoms with Gasteiger partial charge in [-0.1, -0.05) is 27.7 Å². The minimum Gasteiger partial charge on any atom is -0.370 e. The van der Waals surface area contributed by atoms with Crippen LogP contribution in [0.3, 0.4) is 0 Å². The number of hydrogen-bond donors (Lipinski definition) is 1. The topological polar surface area (TPSA) is 37.8 Å². The fourth-order valence-electron chi connectivity index (χ4n) is 1.45. The molecule has 1 rings (SSSR count). The van der Waals surface area contributed by atoms with E-state index in [0.29, 0.717) is 0 Å². The van der Waals surface area contributed by atoms with Crippen molar-refractivity contribution in [1.29, 1.82) is 0 Å². The molecule has 102 valence electrons. The highest BCUT2D eigenvalue weighted by molar-refractivity contribution is 7.99. The van der Waals surface area contributed by atoms with Gasteiger partial charge in [-0.15, -0.1) is 11.8 Å². The van der Waals surface area contributed by atoms with Gasteiger partial charge in [0, 0.05) is 22.5 Å². The Balaban J connectivity index is 2.83. The Kier molecular flexibility index (Phi) is 5.45. The van der Waals surface area contributed by atoms with Crippen molar-refractivity contribution in [3.05, 3.63) is 17.1 Å². The van der Waals surface area contributed by atoms with Crippen LogP contribution >= 0.6 is 11.8 Å². The molecule has 4 heteroatoms. The number of nitrogens with one attached hydrogen (secondary N) is 1. The molecule has 0 bridgehead atoms. The van der Waals surface area contributed by atoms with Crippen molar-refractivity contribution >= 4 is 17.6 Å². The molecule has 0 atom stereocenters. The van der Waals surface area contributed by atoms with Crippen molar-refractivity contribution < 1.29 is 0 Å². The van der Waals surface area contributed by atoms with Crippen LogP contribution in [0.25, 0.3) is 0 Å². The molecule has 3 nitrogen and oxygen atoms in total. The summed E-state index contributed by atoms with van der Waals surface area (Å²) in [7, 11) is 0. The summed E-state index contributed by atoms with van der Waals surface area (Å²) < 4.78 is 0.249. The standard InChI is InChI=1S/C14H25N3S/c1-7-8-15-13-10(2)11(3)16-12(17-13)9-18-14(4,5)6/h7-9H2,1-6H3,(H,15,16,17). The van der Waals surface area contributed by atoms with Crippen LogP contribution in [-0.2, 0) is 5.75 Å². The summed E-state index contributed by atoms with van der Waals surface area (Å²) in [6.45, 7) is 13.9. The van der Waals surface area contributed by atoms with Gasteiger partial charge in [0.1, 0.15) is 11.6 Å². The van der Waals surface area contributed by atoms with Crippen LogP contribution in [0.1, 0.15) is 51.2 Å². The van der Waals surface area contributed by atoms with Crippen molar-refractivity contribution in [3.63, 3.8) is 0 Å². The fraction of sp³-hybridized carbons (Fsp3) is 0.714. The minimum absolute atomic E-state index is 0.249. The van der Waals surface area contributed by atoms with Crippen LogP contribution in [0.15, 0.2) is 0 Å². The Morgan fingerprint density at radius 2 is 1.83 bits per heavy atom. The van der Waals surface area contributed by atoms with E-state index in [1.165, 1.54) is 0 Å². The van der Waals surface area contributed by atoms with E-state index < -0.39 is 0 Å². The third-order valence-electron chi connectivity index (χ3n) is 2.61. The molecular formula is C14H25N3S. The molecule has 1 heterocycles. The van der Waals surface area contributed by atoms with Crippen LogP contribution in [0.5, 0.6) is 0 Å². The highest BCUT2D eigenvalue weighted by atomic mass is 32.2. The maximum atomic E-state index is 4.63. The van der Waals surface area contributed by atoms with Gasteiger partial charge in [-0.3, -0.25) is 0 Å². The summed E-state index contributed by atoms with van der Waals surface area (Å²) in [4.78, 5) is 9.20. The first-order chi connectivity index (χ1) is 8.33. The Labute approximate surface area is 115 Å². The molecule has 0 saturated heterocycles. The third kappa shape index (κ3) is 4.84. The summed E-state index contributed by atoms with van der Waals surface area (Å²) in [5.74, 6) is 2.79. The predicted octanol–water partition coefficient (Wildman–Crippen LogP) is 3.95. The lowest BCUT2D eigenvalue weighted by atomic mass is 10.2. The number of anilines is 1. The number of hydrogen-bond acceptors (Lipinski definition) is 4. The fourth-order valence-corrected chi connectivity index (χ4v) is 2.14. The molecule has 0 unspecified atom stereocenters. The maximum Gasteiger partial charge on any atom is 0.140 e. The van der Waals surface area contributed by atoms with Crippen molar-refractivity contribution in [2.75, 3.05) is 11.9 Å². The van der Waals surface area contributed by atoms with E-state index in [1.807, 2.05) is 11.8 Å².